The summed E-state index contributed by atoms with van der Waals surface area (Å²) in [7, 11) is 1.92. The van der Waals surface area contributed by atoms with Crippen LogP contribution in [0.1, 0.15) is 44.9 Å². The molecule has 2 saturated heterocycles. The van der Waals surface area contributed by atoms with Gasteiger partial charge in [-0.05, 0) is 25.7 Å². The fourth-order valence-electron chi connectivity index (χ4n) is 4.52. The van der Waals surface area contributed by atoms with Gasteiger partial charge >= 0.3 is 6.03 Å². The highest BCUT2D eigenvalue weighted by Gasteiger charge is 2.53. The van der Waals surface area contributed by atoms with Gasteiger partial charge in [-0.15, -0.1) is 0 Å². The second kappa shape index (κ2) is 5.79. The van der Waals surface area contributed by atoms with Crippen molar-refractivity contribution < 1.29 is 9.59 Å². The Morgan fingerprint density at radius 3 is 2.71 bits per heavy atom. The summed E-state index contributed by atoms with van der Waals surface area (Å²) in [6.45, 7) is 1.62. The van der Waals surface area contributed by atoms with Gasteiger partial charge in [0.15, 0.2) is 0 Å². The lowest BCUT2D eigenvalue weighted by molar-refractivity contribution is -0.134. The first-order valence-corrected chi connectivity index (χ1v) is 8.99. The van der Waals surface area contributed by atoms with E-state index in [0.29, 0.717) is 6.54 Å². The van der Waals surface area contributed by atoms with Gasteiger partial charge in [-0.2, -0.15) is 5.10 Å². The second-order valence-electron chi connectivity index (χ2n) is 7.30. The van der Waals surface area contributed by atoms with Gasteiger partial charge in [-0.25, -0.2) is 4.79 Å². The van der Waals surface area contributed by atoms with Crippen molar-refractivity contribution in [3.63, 3.8) is 0 Å². The molecule has 1 spiro atoms. The second-order valence-corrected chi connectivity index (χ2v) is 7.30. The van der Waals surface area contributed by atoms with Crippen molar-refractivity contribution in [3.8, 4) is 0 Å². The van der Waals surface area contributed by atoms with Crippen LogP contribution in [-0.4, -0.2) is 51.3 Å². The third-order valence-corrected chi connectivity index (χ3v) is 5.78. The molecule has 1 saturated carbocycles. The Morgan fingerprint density at radius 1 is 1.21 bits per heavy atom. The lowest BCUT2D eigenvalue weighted by Crippen LogP contribution is -2.53. The summed E-state index contributed by atoms with van der Waals surface area (Å²) in [5.41, 5.74) is -0.621. The summed E-state index contributed by atoms with van der Waals surface area (Å²) in [5.74, 6) is 1.04. The first-order chi connectivity index (χ1) is 11.6. The zero-order valence-corrected chi connectivity index (χ0v) is 14.2. The molecule has 1 N–H and O–H groups in total. The van der Waals surface area contributed by atoms with Crippen LogP contribution >= 0.6 is 0 Å². The smallest absolute Gasteiger partial charge is 0.325 e. The van der Waals surface area contributed by atoms with E-state index in [1.165, 1.54) is 4.90 Å². The number of hydrogen-bond acceptors (Lipinski definition) is 4. The molecule has 7 heteroatoms. The van der Waals surface area contributed by atoms with Crippen LogP contribution in [0.2, 0.25) is 0 Å². The number of rotatable bonds is 2. The normalized spacial score (nSPS) is 27.0. The molecule has 3 aliphatic rings. The number of amides is 3. The molecule has 1 aromatic heterocycles. The van der Waals surface area contributed by atoms with Crippen molar-refractivity contribution in [3.05, 3.63) is 12.3 Å². The topological polar surface area (TPSA) is 70.5 Å². The molecule has 0 bridgehead atoms. The Kier molecular flexibility index (Phi) is 3.73. The SMILES string of the molecule is Cn1nccc1N1CCCC(N2C(=O)NC3(CCCCC3)C2=O)C1. The van der Waals surface area contributed by atoms with Crippen LogP contribution in [0.25, 0.3) is 0 Å². The summed E-state index contributed by atoms with van der Waals surface area (Å²) in [4.78, 5) is 29.4. The standard InChI is InChI=1S/C17H25N5O2/c1-20-14(7-10-18-20)21-11-5-6-13(12-21)22-15(23)17(19-16(22)24)8-3-2-4-9-17/h7,10,13H,2-6,8-9,11-12H2,1H3,(H,19,24). The maximum absolute atomic E-state index is 13.1. The minimum absolute atomic E-state index is 0.00376. The third-order valence-electron chi connectivity index (χ3n) is 5.78. The fourth-order valence-corrected chi connectivity index (χ4v) is 4.52. The third kappa shape index (κ3) is 2.37. The number of carbonyl (C=O) groups excluding carboxylic acids is 2. The van der Waals surface area contributed by atoms with Crippen LogP contribution in [0.4, 0.5) is 10.6 Å². The van der Waals surface area contributed by atoms with Crippen LogP contribution < -0.4 is 10.2 Å². The number of carbonyl (C=O) groups is 2. The van der Waals surface area contributed by atoms with Gasteiger partial charge in [0.25, 0.3) is 5.91 Å². The first kappa shape index (κ1) is 15.5. The number of urea groups is 1. The highest BCUT2D eigenvalue weighted by molar-refractivity contribution is 6.07. The monoisotopic (exact) mass is 331 g/mol. The maximum Gasteiger partial charge on any atom is 0.325 e. The van der Waals surface area contributed by atoms with E-state index in [2.05, 4.69) is 15.3 Å². The van der Waals surface area contributed by atoms with E-state index < -0.39 is 5.54 Å². The lowest BCUT2D eigenvalue weighted by Gasteiger charge is -2.38. The van der Waals surface area contributed by atoms with Gasteiger partial charge in [-0.3, -0.25) is 14.4 Å². The summed E-state index contributed by atoms with van der Waals surface area (Å²) >= 11 is 0. The summed E-state index contributed by atoms with van der Waals surface area (Å²) in [6, 6.07) is 1.73. The molecule has 0 radical (unpaired) electrons. The van der Waals surface area contributed by atoms with Gasteiger partial charge in [0.05, 0.1) is 12.2 Å². The number of imide groups is 1. The molecule has 24 heavy (non-hydrogen) atoms. The molecule has 3 amide bonds. The van der Waals surface area contributed by atoms with Crippen molar-refractivity contribution in [1.29, 1.82) is 0 Å². The molecule has 1 aliphatic carbocycles. The molecule has 1 aromatic rings. The molecule has 7 nitrogen and oxygen atoms in total. The van der Waals surface area contributed by atoms with Crippen LogP contribution in [0.3, 0.4) is 0 Å². The molecular formula is C17H25N5O2. The highest BCUT2D eigenvalue weighted by atomic mass is 16.2. The summed E-state index contributed by atoms with van der Waals surface area (Å²) in [6.07, 6.45) is 8.39. The largest absolute Gasteiger partial charge is 0.355 e. The Balaban J connectivity index is 1.53. The van der Waals surface area contributed by atoms with Gasteiger partial charge in [-0.1, -0.05) is 19.3 Å². The molecule has 2 aliphatic heterocycles. The molecular weight excluding hydrogens is 306 g/mol. The van der Waals surface area contributed by atoms with Crippen molar-refractivity contribution in [2.75, 3.05) is 18.0 Å². The molecule has 1 unspecified atom stereocenters. The van der Waals surface area contributed by atoms with Crippen molar-refractivity contribution >= 4 is 17.8 Å². The number of hydrogen-bond donors (Lipinski definition) is 1. The Morgan fingerprint density at radius 2 is 2.00 bits per heavy atom. The Labute approximate surface area is 142 Å². The van der Waals surface area contributed by atoms with Gasteiger partial charge in [0, 0.05) is 26.2 Å². The molecule has 4 rings (SSSR count). The predicted molar refractivity (Wildman–Crippen MR) is 89.6 cm³/mol. The Hall–Kier alpha value is -2.05. The fraction of sp³-hybridized carbons (Fsp3) is 0.706. The first-order valence-electron chi connectivity index (χ1n) is 8.99. The minimum atomic E-state index is -0.621. The maximum atomic E-state index is 13.1. The lowest BCUT2D eigenvalue weighted by atomic mass is 9.81. The number of piperidine rings is 1. The van der Waals surface area contributed by atoms with Gasteiger partial charge in [0.2, 0.25) is 0 Å². The number of nitrogens with one attached hydrogen (secondary N) is 1. The summed E-state index contributed by atoms with van der Waals surface area (Å²) < 4.78 is 1.84. The predicted octanol–water partition coefficient (Wildman–Crippen LogP) is 1.64. The number of anilines is 1. The number of aromatic nitrogens is 2. The van der Waals surface area contributed by atoms with Crippen LogP contribution in [0.5, 0.6) is 0 Å². The average molecular weight is 331 g/mol. The zero-order valence-electron chi connectivity index (χ0n) is 14.2. The van der Waals surface area contributed by atoms with Crippen LogP contribution in [0.15, 0.2) is 12.3 Å². The number of aryl methyl sites for hydroxylation is 1. The zero-order chi connectivity index (χ0) is 16.7. The molecule has 130 valence electrons. The van der Waals surface area contributed by atoms with E-state index in [0.717, 1.165) is 57.3 Å². The molecule has 3 heterocycles. The van der Waals surface area contributed by atoms with E-state index in [9.17, 15) is 9.59 Å². The van der Waals surface area contributed by atoms with E-state index in [1.807, 2.05) is 17.8 Å². The molecule has 1 atom stereocenters. The number of nitrogens with zero attached hydrogens (tertiary/aromatic N) is 4. The Bertz CT molecular complexity index is 649. The van der Waals surface area contributed by atoms with E-state index in [1.54, 1.807) is 6.20 Å². The van der Waals surface area contributed by atoms with Gasteiger partial charge < -0.3 is 10.2 Å². The molecule has 3 fully saturated rings. The van der Waals surface area contributed by atoms with Crippen LogP contribution in [0, 0.1) is 0 Å². The average Bonchev–Trinajstić information content (AvgIpc) is 3.11. The summed E-state index contributed by atoms with van der Waals surface area (Å²) in [5, 5.41) is 7.26. The van der Waals surface area contributed by atoms with E-state index in [-0.39, 0.29) is 18.0 Å². The highest BCUT2D eigenvalue weighted by Crippen LogP contribution is 2.35. The quantitative estimate of drug-likeness (QED) is 0.837. The van der Waals surface area contributed by atoms with E-state index in [4.69, 9.17) is 0 Å². The van der Waals surface area contributed by atoms with Crippen LogP contribution in [-0.2, 0) is 11.8 Å². The van der Waals surface area contributed by atoms with Crippen molar-refractivity contribution in [2.24, 2.45) is 7.05 Å². The van der Waals surface area contributed by atoms with Crippen molar-refractivity contribution in [1.82, 2.24) is 20.0 Å². The van der Waals surface area contributed by atoms with E-state index >= 15 is 0 Å². The van der Waals surface area contributed by atoms with Crippen molar-refractivity contribution in [2.45, 2.75) is 56.5 Å². The minimum Gasteiger partial charge on any atom is -0.355 e. The van der Waals surface area contributed by atoms with Gasteiger partial charge in [0.1, 0.15) is 11.4 Å². The molecule has 0 aromatic carbocycles.